The maximum absolute atomic E-state index is 12.3. The van der Waals surface area contributed by atoms with Gasteiger partial charge in [-0.3, -0.25) is 9.69 Å². The summed E-state index contributed by atoms with van der Waals surface area (Å²) in [5, 5.41) is 0. The van der Waals surface area contributed by atoms with Gasteiger partial charge in [-0.05, 0) is 25.8 Å². The molecule has 1 aliphatic rings. The van der Waals surface area contributed by atoms with Crippen molar-refractivity contribution in [3.8, 4) is 0 Å². The van der Waals surface area contributed by atoms with Crippen LogP contribution in [0.25, 0.3) is 0 Å². The third kappa shape index (κ3) is 3.68. The van der Waals surface area contributed by atoms with E-state index in [0.717, 1.165) is 37.2 Å². The van der Waals surface area contributed by atoms with Crippen LogP contribution >= 0.6 is 0 Å². The minimum absolute atomic E-state index is 0.247. The lowest BCUT2D eigenvalue weighted by atomic mass is 10.0. The normalized spacial score (nSPS) is 23.8. The Morgan fingerprint density at radius 3 is 2.85 bits per heavy atom. The van der Waals surface area contributed by atoms with Crippen molar-refractivity contribution in [1.29, 1.82) is 0 Å². The van der Waals surface area contributed by atoms with Gasteiger partial charge in [0.05, 0.1) is 12.7 Å². The molecule has 0 aromatic heterocycles. The Bertz CT molecular complexity index is 458. The van der Waals surface area contributed by atoms with Crippen molar-refractivity contribution in [3.05, 3.63) is 35.4 Å². The molecule has 1 fully saturated rings. The van der Waals surface area contributed by atoms with Gasteiger partial charge in [0.1, 0.15) is 0 Å². The molecule has 1 aromatic rings. The van der Waals surface area contributed by atoms with Crippen LogP contribution in [0.15, 0.2) is 24.3 Å². The van der Waals surface area contributed by atoms with E-state index in [1.807, 2.05) is 31.2 Å². The van der Waals surface area contributed by atoms with Gasteiger partial charge < -0.3 is 4.74 Å². The maximum atomic E-state index is 12.3. The SMILES string of the molecule is CCC1COC(C)CN1CCC(=O)c1ccccc1C. The highest BCUT2D eigenvalue weighted by atomic mass is 16.5. The minimum atomic E-state index is 0.247. The summed E-state index contributed by atoms with van der Waals surface area (Å²) < 4.78 is 5.70. The summed E-state index contributed by atoms with van der Waals surface area (Å²) in [6, 6.07) is 8.29. The zero-order valence-electron chi connectivity index (χ0n) is 12.8. The number of carbonyl (C=O) groups excluding carboxylic acids is 1. The number of hydrogen-bond acceptors (Lipinski definition) is 3. The number of nitrogens with zero attached hydrogens (tertiary/aromatic N) is 1. The number of benzene rings is 1. The summed E-state index contributed by atoms with van der Waals surface area (Å²) in [4.78, 5) is 14.7. The molecule has 1 saturated heterocycles. The fourth-order valence-corrected chi connectivity index (χ4v) is 2.83. The summed E-state index contributed by atoms with van der Waals surface area (Å²) in [6.45, 7) is 8.83. The number of Topliss-reactive ketones (excluding diaryl/α,β-unsaturated/α-hetero) is 1. The van der Waals surface area contributed by atoms with Crippen molar-refractivity contribution in [3.63, 3.8) is 0 Å². The van der Waals surface area contributed by atoms with Crippen molar-refractivity contribution < 1.29 is 9.53 Å². The van der Waals surface area contributed by atoms with Crippen molar-refractivity contribution in [1.82, 2.24) is 4.90 Å². The summed E-state index contributed by atoms with van der Waals surface area (Å²) >= 11 is 0. The van der Waals surface area contributed by atoms with Crippen LogP contribution in [0.5, 0.6) is 0 Å². The zero-order valence-corrected chi connectivity index (χ0v) is 12.8. The monoisotopic (exact) mass is 275 g/mol. The third-order valence-electron chi connectivity index (χ3n) is 4.12. The Hall–Kier alpha value is -1.19. The van der Waals surface area contributed by atoms with E-state index >= 15 is 0 Å². The predicted molar refractivity (Wildman–Crippen MR) is 81.2 cm³/mol. The molecule has 3 nitrogen and oxygen atoms in total. The van der Waals surface area contributed by atoms with Crippen molar-refractivity contribution in [2.75, 3.05) is 19.7 Å². The first-order chi connectivity index (χ1) is 9.61. The van der Waals surface area contributed by atoms with E-state index in [-0.39, 0.29) is 11.9 Å². The van der Waals surface area contributed by atoms with Gasteiger partial charge in [0.2, 0.25) is 0 Å². The summed E-state index contributed by atoms with van der Waals surface area (Å²) in [5.74, 6) is 0.247. The Morgan fingerprint density at radius 2 is 2.15 bits per heavy atom. The molecule has 1 heterocycles. The molecular weight excluding hydrogens is 250 g/mol. The molecule has 0 spiro atoms. The Balaban J connectivity index is 1.93. The van der Waals surface area contributed by atoms with Crippen LogP contribution < -0.4 is 0 Å². The largest absolute Gasteiger partial charge is 0.376 e. The predicted octanol–water partition coefficient (Wildman–Crippen LogP) is 3.07. The van der Waals surface area contributed by atoms with Crippen molar-refractivity contribution in [2.24, 2.45) is 0 Å². The van der Waals surface area contributed by atoms with Gasteiger partial charge in [0, 0.05) is 31.1 Å². The molecule has 1 aliphatic heterocycles. The molecule has 20 heavy (non-hydrogen) atoms. The molecule has 0 aliphatic carbocycles. The van der Waals surface area contributed by atoms with Gasteiger partial charge in [-0.25, -0.2) is 0 Å². The van der Waals surface area contributed by atoms with Gasteiger partial charge in [-0.2, -0.15) is 0 Å². The molecule has 3 heteroatoms. The van der Waals surface area contributed by atoms with Crippen LogP contribution in [-0.2, 0) is 4.74 Å². The molecule has 0 bridgehead atoms. The lowest BCUT2D eigenvalue weighted by Crippen LogP contribution is -2.49. The summed E-state index contributed by atoms with van der Waals surface area (Å²) in [6.07, 6.45) is 1.94. The van der Waals surface area contributed by atoms with Crippen LogP contribution in [0.1, 0.15) is 42.6 Å². The molecule has 2 rings (SSSR count). The second-order valence-corrected chi connectivity index (χ2v) is 5.69. The van der Waals surface area contributed by atoms with Crippen molar-refractivity contribution >= 4 is 5.78 Å². The van der Waals surface area contributed by atoms with Gasteiger partial charge >= 0.3 is 0 Å². The van der Waals surface area contributed by atoms with E-state index in [4.69, 9.17) is 4.74 Å². The van der Waals surface area contributed by atoms with E-state index < -0.39 is 0 Å². The van der Waals surface area contributed by atoms with Crippen molar-refractivity contribution in [2.45, 2.75) is 45.8 Å². The molecule has 0 radical (unpaired) electrons. The minimum Gasteiger partial charge on any atom is -0.376 e. The molecule has 1 aromatic carbocycles. The number of aryl methyl sites for hydroxylation is 1. The highest BCUT2D eigenvalue weighted by Crippen LogP contribution is 2.16. The molecule has 110 valence electrons. The Kier molecular flexibility index (Phi) is 5.32. The molecule has 0 amide bonds. The van der Waals surface area contributed by atoms with Crippen LogP contribution in [0.4, 0.5) is 0 Å². The Morgan fingerprint density at radius 1 is 1.40 bits per heavy atom. The van der Waals surface area contributed by atoms with Crippen LogP contribution in [0, 0.1) is 6.92 Å². The first kappa shape index (κ1) is 15.2. The fourth-order valence-electron chi connectivity index (χ4n) is 2.83. The lowest BCUT2D eigenvalue weighted by molar-refractivity contribution is -0.0553. The number of ether oxygens (including phenoxy) is 1. The van der Waals surface area contributed by atoms with Crippen LogP contribution in [0.2, 0.25) is 0 Å². The average molecular weight is 275 g/mol. The number of rotatable bonds is 5. The number of morpholine rings is 1. The van der Waals surface area contributed by atoms with Crippen LogP contribution in [-0.4, -0.2) is 42.5 Å². The lowest BCUT2D eigenvalue weighted by Gasteiger charge is -2.38. The van der Waals surface area contributed by atoms with E-state index in [2.05, 4.69) is 18.7 Å². The van der Waals surface area contributed by atoms with E-state index in [9.17, 15) is 4.79 Å². The smallest absolute Gasteiger partial charge is 0.164 e. The molecule has 2 atom stereocenters. The first-order valence-electron chi connectivity index (χ1n) is 7.56. The van der Waals surface area contributed by atoms with Gasteiger partial charge in [0.25, 0.3) is 0 Å². The summed E-state index contributed by atoms with van der Waals surface area (Å²) in [5.41, 5.74) is 1.93. The van der Waals surface area contributed by atoms with E-state index in [1.54, 1.807) is 0 Å². The van der Waals surface area contributed by atoms with Gasteiger partial charge in [-0.1, -0.05) is 31.2 Å². The molecule has 2 unspecified atom stereocenters. The maximum Gasteiger partial charge on any atom is 0.164 e. The zero-order chi connectivity index (χ0) is 14.5. The number of ketones is 1. The molecule has 0 N–H and O–H groups in total. The third-order valence-corrected chi connectivity index (χ3v) is 4.12. The number of carbonyl (C=O) groups is 1. The average Bonchev–Trinajstić information content (AvgIpc) is 2.45. The second kappa shape index (κ2) is 7.00. The molecule has 0 saturated carbocycles. The highest BCUT2D eigenvalue weighted by Gasteiger charge is 2.25. The number of hydrogen-bond donors (Lipinski definition) is 0. The van der Waals surface area contributed by atoms with E-state index in [1.165, 1.54) is 0 Å². The fraction of sp³-hybridized carbons (Fsp3) is 0.588. The van der Waals surface area contributed by atoms with Crippen LogP contribution in [0.3, 0.4) is 0 Å². The standard InChI is InChI=1S/C17H25NO2/c1-4-15-12-20-14(3)11-18(15)10-9-17(19)16-8-6-5-7-13(16)2/h5-8,14-15H,4,9-12H2,1-3H3. The van der Waals surface area contributed by atoms with Gasteiger partial charge in [0.15, 0.2) is 5.78 Å². The van der Waals surface area contributed by atoms with Gasteiger partial charge in [-0.15, -0.1) is 0 Å². The summed E-state index contributed by atoms with van der Waals surface area (Å²) in [7, 11) is 0. The molecular formula is C17H25NO2. The first-order valence-corrected chi connectivity index (χ1v) is 7.56. The topological polar surface area (TPSA) is 29.5 Å². The quantitative estimate of drug-likeness (QED) is 0.773. The second-order valence-electron chi connectivity index (χ2n) is 5.69. The van der Waals surface area contributed by atoms with E-state index in [0.29, 0.717) is 12.5 Å². The highest BCUT2D eigenvalue weighted by molar-refractivity contribution is 5.97. The Labute approximate surface area is 121 Å².